The highest BCUT2D eigenvalue weighted by Crippen LogP contribution is 2.40. The summed E-state index contributed by atoms with van der Waals surface area (Å²) in [6.45, 7) is 2.11. The van der Waals surface area contributed by atoms with Crippen LogP contribution in [0.1, 0.15) is 24.0 Å². The molecule has 3 aliphatic rings. The molecule has 10 atom stereocenters. The number of carbonyl (C=O) groups is 2. The Bertz CT molecular complexity index is 3600. The molecule has 10 aromatic rings. The van der Waals surface area contributed by atoms with Crippen molar-refractivity contribution in [3.05, 3.63) is 181 Å². The predicted octanol–water partition coefficient (Wildman–Crippen LogP) is 11.2. The quantitative estimate of drug-likeness (QED) is 0.0891. The van der Waals surface area contributed by atoms with E-state index in [9.17, 15) is 9.59 Å². The van der Waals surface area contributed by atoms with Gasteiger partial charge in [0.15, 0.2) is 0 Å². The van der Waals surface area contributed by atoms with Crippen molar-refractivity contribution in [2.24, 2.45) is 0 Å². The summed E-state index contributed by atoms with van der Waals surface area (Å²) >= 11 is 0. The standard InChI is InChI=1S/C70H72N4O10/c1-77-65-55-33-35-73(39-59(75)71-53-31-27-49-23-21-45-17-11-19-47-25-29-51(53)63(49)61(45)47)38-58-68(80-4)70(82-42-44-15-9-6-10-16-44)66(78-2)56(84-58)34-36-74(37-57(83-55)67(79-3)69(65)81-41-43-13-7-5-8-14-43)40-60(76)72-54-32-28-50-24-22-46-18-12-20-48-26-30-52(54)64(50)62(46)48/h5-32,55-58,65-70H,33-42H2,1-4H3,(H,71,75)(H,72,76)/t55-,56-,57+,58+,65-,66-,67+,68+,69+,70+/m0/s1. The molecule has 2 amide bonds. The van der Waals surface area contributed by atoms with Crippen LogP contribution in [0.3, 0.4) is 0 Å². The van der Waals surface area contributed by atoms with E-state index in [1.165, 1.54) is 10.8 Å². The molecule has 4 bridgehead atoms. The number of ether oxygens (including phenoxy) is 8. The van der Waals surface area contributed by atoms with Gasteiger partial charge in [-0.2, -0.15) is 0 Å². The molecule has 0 aromatic heterocycles. The highest BCUT2D eigenvalue weighted by molar-refractivity contribution is 6.27. The van der Waals surface area contributed by atoms with Crippen molar-refractivity contribution < 1.29 is 47.5 Å². The Labute approximate surface area is 489 Å². The molecule has 14 nitrogen and oxygen atoms in total. The van der Waals surface area contributed by atoms with E-state index in [4.69, 9.17) is 37.9 Å². The number of nitrogens with one attached hydrogen (secondary N) is 2. The van der Waals surface area contributed by atoms with Gasteiger partial charge in [0, 0.05) is 76.8 Å². The number of amides is 2. The Balaban J connectivity index is 0.842. The number of hydrogen-bond acceptors (Lipinski definition) is 12. The summed E-state index contributed by atoms with van der Waals surface area (Å²) in [6.07, 6.45) is -4.80. The van der Waals surface area contributed by atoms with E-state index in [1.807, 2.05) is 72.8 Å². The van der Waals surface area contributed by atoms with E-state index < -0.39 is 61.0 Å². The van der Waals surface area contributed by atoms with Gasteiger partial charge in [0.2, 0.25) is 11.8 Å². The van der Waals surface area contributed by atoms with Gasteiger partial charge in [-0.25, -0.2) is 0 Å². The lowest BCUT2D eigenvalue weighted by atomic mass is 9.90. The molecule has 3 fully saturated rings. The van der Waals surface area contributed by atoms with Crippen LogP contribution in [0.4, 0.5) is 11.4 Å². The lowest BCUT2D eigenvalue weighted by molar-refractivity contribution is -0.261. The van der Waals surface area contributed by atoms with Crippen LogP contribution < -0.4 is 10.6 Å². The van der Waals surface area contributed by atoms with E-state index in [0.29, 0.717) is 52.2 Å². The van der Waals surface area contributed by atoms with Gasteiger partial charge in [0.05, 0.1) is 50.7 Å². The minimum atomic E-state index is -0.599. The number of hydrogen-bond donors (Lipinski definition) is 2. The van der Waals surface area contributed by atoms with Gasteiger partial charge in [0.25, 0.3) is 0 Å². The zero-order valence-electron chi connectivity index (χ0n) is 48.0. The van der Waals surface area contributed by atoms with Crippen molar-refractivity contribution in [1.82, 2.24) is 9.80 Å². The molecule has 0 saturated carbocycles. The average molecular weight is 1130 g/mol. The highest BCUT2D eigenvalue weighted by Gasteiger charge is 2.50. The van der Waals surface area contributed by atoms with E-state index in [0.717, 1.165) is 76.4 Å². The summed E-state index contributed by atoms with van der Waals surface area (Å²) in [6, 6.07) is 58.1. The molecule has 0 radical (unpaired) electrons. The first-order valence-electron chi connectivity index (χ1n) is 29.4. The molecule has 14 heteroatoms. The maximum Gasteiger partial charge on any atom is 0.238 e. The average Bonchev–Trinajstić information content (AvgIpc) is 3.60. The summed E-state index contributed by atoms with van der Waals surface area (Å²) in [5.41, 5.74) is 3.50. The van der Waals surface area contributed by atoms with Gasteiger partial charge in [-0.3, -0.25) is 19.4 Å². The SMILES string of the molecule is CO[C@@H]1[C@@H](OCc2ccccc2)[C@H](OC)[C@H]2CN(CC(=O)Nc3ccc4ccc5cccc6ccc3c4c56)CC[C@@H]3O[C@H](CN(CC(=O)Nc4ccc5ccc6cccc7ccc4c5c67)CC[C@@H]1O2)[C@@H](OC)[C@H](OCc1ccccc1)[C@H]3OC. The van der Waals surface area contributed by atoms with Crippen molar-refractivity contribution in [2.45, 2.75) is 87.1 Å². The van der Waals surface area contributed by atoms with Crippen molar-refractivity contribution in [2.75, 3.05) is 78.3 Å². The largest absolute Gasteiger partial charge is 0.376 e. The highest BCUT2D eigenvalue weighted by atomic mass is 16.6. The molecular weight excluding hydrogens is 1060 g/mol. The number of methoxy groups -OCH3 is 4. The fourth-order valence-electron chi connectivity index (χ4n) is 13.9. The summed E-state index contributed by atoms with van der Waals surface area (Å²) < 4.78 is 54.1. The first-order valence-corrected chi connectivity index (χ1v) is 29.4. The van der Waals surface area contributed by atoms with Gasteiger partial charge in [0.1, 0.15) is 36.6 Å². The molecule has 0 spiro atoms. The molecular formula is C70H72N4O10. The lowest BCUT2D eigenvalue weighted by Crippen LogP contribution is -2.64. The molecule has 3 heterocycles. The van der Waals surface area contributed by atoms with Gasteiger partial charge in [-0.05, 0) is 90.0 Å². The molecule has 432 valence electrons. The van der Waals surface area contributed by atoms with Crippen molar-refractivity contribution >= 4 is 87.8 Å². The monoisotopic (exact) mass is 1130 g/mol. The fourth-order valence-corrected chi connectivity index (χ4v) is 13.9. The molecule has 3 aliphatic heterocycles. The molecule has 13 rings (SSSR count). The summed E-state index contributed by atoms with van der Waals surface area (Å²) in [5.74, 6) is -0.353. The van der Waals surface area contributed by atoms with E-state index >= 15 is 0 Å². The van der Waals surface area contributed by atoms with Crippen LogP contribution >= 0.6 is 0 Å². The van der Waals surface area contributed by atoms with E-state index in [2.05, 4.69) is 117 Å². The molecule has 10 aromatic carbocycles. The molecule has 84 heavy (non-hydrogen) atoms. The predicted molar refractivity (Wildman–Crippen MR) is 330 cm³/mol. The maximum absolute atomic E-state index is 14.8. The number of rotatable bonds is 16. The summed E-state index contributed by atoms with van der Waals surface area (Å²) in [5, 5.41) is 20.1. The van der Waals surface area contributed by atoms with E-state index in [1.54, 1.807) is 28.4 Å². The van der Waals surface area contributed by atoms with Gasteiger partial charge >= 0.3 is 0 Å². The fraction of sp³-hybridized carbons (Fsp3) is 0.343. The van der Waals surface area contributed by atoms with Crippen LogP contribution in [0, 0.1) is 0 Å². The smallest absolute Gasteiger partial charge is 0.238 e. The van der Waals surface area contributed by atoms with Crippen molar-refractivity contribution in [3.8, 4) is 0 Å². The van der Waals surface area contributed by atoms with Crippen LogP contribution in [-0.2, 0) is 60.7 Å². The topological polar surface area (TPSA) is 139 Å². The van der Waals surface area contributed by atoms with Gasteiger partial charge < -0.3 is 48.5 Å². The maximum atomic E-state index is 14.8. The third kappa shape index (κ3) is 11.2. The van der Waals surface area contributed by atoms with Crippen molar-refractivity contribution in [3.63, 3.8) is 0 Å². The minimum Gasteiger partial charge on any atom is -0.376 e. The zero-order chi connectivity index (χ0) is 57.3. The normalized spacial score (nSPS) is 24.8. The second kappa shape index (κ2) is 24.8. The third-order valence-corrected chi connectivity index (χ3v) is 17.8. The Hall–Kier alpha value is -7.18. The van der Waals surface area contributed by atoms with Crippen LogP contribution in [0.15, 0.2) is 170 Å². The second-order valence-corrected chi connectivity index (χ2v) is 22.8. The first kappa shape index (κ1) is 56.0. The molecule has 0 unspecified atom stereocenters. The third-order valence-electron chi connectivity index (χ3n) is 17.8. The first-order chi connectivity index (χ1) is 41.2. The van der Waals surface area contributed by atoms with Crippen LogP contribution in [0.2, 0.25) is 0 Å². The second-order valence-electron chi connectivity index (χ2n) is 22.8. The van der Waals surface area contributed by atoms with Crippen LogP contribution in [0.5, 0.6) is 0 Å². The van der Waals surface area contributed by atoms with Crippen molar-refractivity contribution in [1.29, 1.82) is 0 Å². The summed E-state index contributed by atoms with van der Waals surface area (Å²) in [4.78, 5) is 33.9. The molecule has 3 saturated heterocycles. The lowest BCUT2D eigenvalue weighted by Gasteiger charge is -2.49. The Morgan fingerprint density at radius 1 is 0.405 bits per heavy atom. The van der Waals surface area contributed by atoms with Gasteiger partial charge in [-0.15, -0.1) is 0 Å². The number of anilines is 2. The minimum absolute atomic E-state index is 0.0314. The molecule has 2 N–H and O–H groups in total. The van der Waals surface area contributed by atoms with E-state index in [-0.39, 0.29) is 24.9 Å². The Morgan fingerprint density at radius 2 is 0.750 bits per heavy atom. The Kier molecular flexibility index (Phi) is 16.5. The Morgan fingerprint density at radius 3 is 1.13 bits per heavy atom. The number of benzene rings is 10. The summed E-state index contributed by atoms with van der Waals surface area (Å²) in [7, 11) is 6.73. The number of nitrogens with zero attached hydrogens (tertiary/aromatic N) is 2. The number of carbonyl (C=O) groups excluding carboxylic acids is 2. The van der Waals surface area contributed by atoms with Crippen LogP contribution in [0.25, 0.3) is 64.6 Å². The van der Waals surface area contributed by atoms with Crippen LogP contribution in [-0.4, -0.2) is 150 Å². The number of fused-ring (bicyclic) bond motifs is 4. The zero-order valence-corrected chi connectivity index (χ0v) is 48.0. The molecule has 0 aliphatic carbocycles. The van der Waals surface area contributed by atoms with Gasteiger partial charge in [-0.1, -0.05) is 158 Å².